The molecule has 13 heteroatoms. The maximum Gasteiger partial charge on any atom is 0.354 e. The first-order valence-electron chi connectivity index (χ1n) is 11.3. The number of β-lactam (4-membered cyclic amide) rings is 1. The number of rotatable bonds is 7. The Kier molecular flexibility index (Phi) is 6.97. The lowest BCUT2D eigenvalue weighted by atomic mass is 10.0. The first-order chi connectivity index (χ1) is 18.2. The maximum atomic E-state index is 15.1. The van der Waals surface area contributed by atoms with E-state index in [0.717, 1.165) is 24.1 Å². The number of amides is 2. The number of carbonyl (C=O) groups excluding carboxylic acids is 3. The third kappa shape index (κ3) is 4.56. The molecule has 0 aliphatic carbocycles. The smallest absolute Gasteiger partial charge is 0.354 e. The zero-order valence-corrected chi connectivity index (χ0v) is 21.7. The standard InChI is InChI=1S/C25H20F2N2O7S2/c1-11-6-17(31)36-21-14(11)8-15(26)22(18(21)27)35-9-12-10-38-24-19(23(32)29(24)20(12)25(33)34-2)28-16(30)7-13-4-3-5-37-13/h3-6,8,19,24H,7,9-10H2,1-2H3,(H,28,30). The van der Waals surface area contributed by atoms with Gasteiger partial charge in [0.05, 0.1) is 13.5 Å². The zero-order valence-electron chi connectivity index (χ0n) is 20.0. The lowest BCUT2D eigenvalue weighted by Gasteiger charge is -2.49. The summed E-state index contributed by atoms with van der Waals surface area (Å²) in [5.41, 5.74) is -0.761. The predicted molar refractivity (Wildman–Crippen MR) is 135 cm³/mol. The number of benzene rings is 1. The minimum Gasteiger partial charge on any atom is -0.483 e. The highest BCUT2D eigenvalue weighted by Gasteiger charge is 2.54. The van der Waals surface area contributed by atoms with Gasteiger partial charge in [0.25, 0.3) is 5.91 Å². The summed E-state index contributed by atoms with van der Waals surface area (Å²) >= 11 is 2.69. The number of hydrogen-bond donors (Lipinski definition) is 1. The number of hydrogen-bond acceptors (Lipinski definition) is 9. The van der Waals surface area contributed by atoms with E-state index in [2.05, 4.69) is 5.32 Å². The van der Waals surface area contributed by atoms with Crippen LogP contribution in [0.15, 0.2) is 50.1 Å². The van der Waals surface area contributed by atoms with Crippen LogP contribution in [-0.4, -0.2) is 53.6 Å². The first-order valence-corrected chi connectivity index (χ1v) is 13.2. The van der Waals surface area contributed by atoms with Gasteiger partial charge in [-0.1, -0.05) is 6.07 Å². The molecule has 1 N–H and O–H groups in total. The highest BCUT2D eigenvalue weighted by Crippen LogP contribution is 2.41. The van der Waals surface area contributed by atoms with Crippen LogP contribution in [0, 0.1) is 18.6 Å². The Morgan fingerprint density at radius 1 is 1.26 bits per heavy atom. The van der Waals surface area contributed by atoms with E-state index in [1.54, 1.807) is 0 Å². The van der Waals surface area contributed by atoms with Crippen molar-refractivity contribution in [2.24, 2.45) is 0 Å². The molecule has 0 spiro atoms. The largest absolute Gasteiger partial charge is 0.483 e. The van der Waals surface area contributed by atoms with Crippen LogP contribution in [0.1, 0.15) is 10.4 Å². The average molecular weight is 563 g/mol. The molecule has 2 amide bonds. The molecule has 1 saturated heterocycles. The van der Waals surface area contributed by atoms with Crippen molar-refractivity contribution in [2.45, 2.75) is 24.8 Å². The molecule has 2 aliphatic heterocycles. The van der Waals surface area contributed by atoms with E-state index in [-0.39, 0.29) is 34.7 Å². The van der Waals surface area contributed by atoms with E-state index < -0.39 is 58.5 Å². The molecular formula is C25H20F2N2O7S2. The molecular weight excluding hydrogens is 542 g/mol. The molecule has 2 unspecified atom stereocenters. The summed E-state index contributed by atoms with van der Waals surface area (Å²) in [6, 6.07) is 4.91. The number of nitrogens with one attached hydrogen (secondary N) is 1. The van der Waals surface area contributed by atoms with E-state index >= 15 is 4.39 Å². The van der Waals surface area contributed by atoms with Gasteiger partial charge >= 0.3 is 11.6 Å². The van der Waals surface area contributed by atoms with Crippen LogP contribution in [-0.2, 0) is 25.5 Å². The number of fused-ring (bicyclic) bond motifs is 2. The summed E-state index contributed by atoms with van der Waals surface area (Å²) in [7, 11) is 1.14. The Bertz CT molecular complexity index is 1550. The fourth-order valence-electron chi connectivity index (χ4n) is 4.33. The number of nitrogens with zero attached hydrogens (tertiary/aromatic N) is 1. The molecule has 0 radical (unpaired) electrons. The topological polar surface area (TPSA) is 115 Å². The number of ether oxygens (including phenoxy) is 2. The number of methoxy groups -OCH3 is 1. The zero-order chi connectivity index (χ0) is 27.1. The van der Waals surface area contributed by atoms with Gasteiger partial charge in [0.15, 0.2) is 17.1 Å². The molecule has 2 atom stereocenters. The fraction of sp³-hybridized carbons (Fsp3) is 0.280. The Labute approximate surface area is 222 Å². The quantitative estimate of drug-likeness (QED) is 0.266. The second kappa shape index (κ2) is 10.2. The van der Waals surface area contributed by atoms with Crippen LogP contribution in [0.3, 0.4) is 0 Å². The van der Waals surface area contributed by atoms with Gasteiger partial charge in [0.2, 0.25) is 11.7 Å². The Balaban J connectivity index is 1.37. The number of thiophene rings is 1. The average Bonchev–Trinajstić information content (AvgIpc) is 3.40. The van der Waals surface area contributed by atoms with Gasteiger partial charge in [-0.15, -0.1) is 23.1 Å². The second-order valence-electron chi connectivity index (χ2n) is 8.57. The summed E-state index contributed by atoms with van der Waals surface area (Å²) in [5, 5.41) is 4.08. The van der Waals surface area contributed by atoms with Crippen molar-refractivity contribution in [2.75, 3.05) is 19.5 Å². The van der Waals surface area contributed by atoms with Crippen LogP contribution in [0.25, 0.3) is 11.0 Å². The first kappa shape index (κ1) is 25.9. The van der Waals surface area contributed by atoms with Crippen LogP contribution in [0.4, 0.5) is 8.78 Å². The molecule has 0 saturated carbocycles. The number of esters is 1. The maximum absolute atomic E-state index is 15.1. The van der Waals surface area contributed by atoms with Gasteiger partial charge < -0.3 is 19.2 Å². The van der Waals surface area contributed by atoms with E-state index in [1.807, 2.05) is 17.5 Å². The third-order valence-corrected chi connectivity index (χ3v) is 8.36. The summed E-state index contributed by atoms with van der Waals surface area (Å²) in [5.74, 6) is -4.51. The monoisotopic (exact) mass is 562 g/mol. The molecule has 0 bridgehead atoms. The summed E-state index contributed by atoms with van der Waals surface area (Å²) in [6.45, 7) is 1.07. The van der Waals surface area contributed by atoms with Crippen LogP contribution in [0.2, 0.25) is 0 Å². The van der Waals surface area contributed by atoms with Crippen molar-refractivity contribution < 1.29 is 37.1 Å². The molecule has 38 heavy (non-hydrogen) atoms. The van der Waals surface area contributed by atoms with Crippen LogP contribution in [0.5, 0.6) is 5.75 Å². The van der Waals surface area contributed by atoms with Gasteiger partial charge in [-0.3, -0.25) is 14.5 Å². The Hall–Kier alpha value is -3.71. The number of carbonyl (C=O) groups is 3. The number of halogens is 2. The van der Waals surface area contributed by atoms with Crippen molar-refractivity contribution >= 4 is 51.9 Å². The van der Waals surface area contributed by atoms with E-state index in [0.29, 0.717) is 5.56 Å². The molecule has 198 valence electrons. The molecule has 2 aromatic heterocycles. The van der Waals surface area contributed by atoms with Gasteiger partial charge in [-0.05, 0) is 30.0 Å². The number of aryl methyl sites for hydroxylation is 1. The molecule has 1 fully saturated rings. The van der Waals surface area contributed by atoms with Gasteiger partial charge in [0, 0.05) is 27.7 Å². The summed E-state index contributed by atoms with van der Waals surface area (Å²) < 4.78 is 45.0. The van der Waals surface area contributed by atoms with Gasteiger partial charge in [0.1, 0.15) is 23.7 Å². The lowest BCUT2D eigenvalue weighted by Crippen LogP contribution is -2.70. The molecule has 1 aromatic carbocycles. The van der Waals surface area contributed by atoms with Crippen LogP contribution >= 0.6 is 23.1 Å². The highest BCUT2D eigenvalue weighted by atomic mass is 32.2. The molecule has 5 rings (SSSR count). The second-order valence-corrected chi connectivity index (χ2v) is 10.7. The van der Waals surface area contributed by atoms with Crippen molar-refractivity contribution in [3.63, 3.8) is 0 Å². The molecule has 2 aliphatic rings. The fourth-order valence-corrected chi connectivity index (χ4v) is 6.36. The highest BCUT2D eigenvalue weighted by molar-refractivity contribution is 8.00. The van der Waals surface area contributed by atoms with E-state index in [4.69, 9.17) is 13.9 Å². The number of thioether (sulfide) groups is 1. The summed E-state index contributed by atoms with van der Waals surface area (Å²) in [4.78, 5) is 51.7. The van der Waals surface area contributed by atoms with Gasteiger partial charge in [-0.2, -0.15) is 4.39 Å². The Morgan fingerprint density at radius 3 is 2.76 bits per heavy atom. The predicted octanol–water partition coefficient (Wildman–Crippen LogP) is 2.89. The van der Waals surface area contributed by atoms with Gasteiger partial charge in [-0.25, -0.2) is 14.0 Å². The van der Waals surface area contributed by atoms with E-state index in [1.165, 1.54) is 34.9 Å². The van der Waals surface area contributed by atoms with Crippen molar-refractivity contribution in [1.29, 1.82) is 0 Å². The SMILES string of the molecule is COC(=O)C1=C(COc2c(F)cc3c(C)cc(=O)oc3c2F)CSC2C(NC(=O)Cc3cccs3)C(=O)N12. The van der Waals surface area contributed by atoms with Crippen molar-refractivity contribution in [1.82, 2.24) is 10.2 Å². The minimum atomic E-state index is -1.20. The summed E-state index contributed by atoms with van der Waals surface area (Å²) in [6.07, 6.45) is 0.125. The normalized spacial score (nSPS) is 18.7. The third-order valence-electron chi connectivity index (χ3n) is 6.14. The van der Waals surface area contributed by atoms with E-state index in [9.17, 15) is 23.6 Å². The lowest BCUT2D eigenvalue weighted by molar-refractivity contribution is -0.151. The van der Waals surface area contributed by atoms with Crippen LogP contribution < -0.4 is 15.7 Å². The minimum absolute atomic E-state index is 0.0795. The van der Waals surface area contributed by atoms with Crippen molar-refractivity contribution in [3.8, 4) is 5.75 Å². The molecule has 9 nitrogen and oxygen atoms in total. The Morgan fingerprint density at radius 2 is 2.05 bits per heavy atom. The van der Waals surface area contributed by atoms with Crippen molar-refractivity contribution in [3.05, 3.63) is 73.4 Å². The molecule has 4 heterocycles. The molecule has 3 aromatic rings.